The van der Waals surface area contributed by atoms with E-state index in [1.54, 1.807) is 37.6 Å². The molecule has 1 fully saturated rings. The van der Waals surface area contributed by atoms with Gasteiger partial charge in [0, 0.05) is 25.7 Å². The molecule has 0 saturated carbocycles. The Bertz CT molecular complexity index is 1010. The van der Waals surface area contributed by atoms with Crippen molar-refractivity contribution in [2.75, 3.05) is 25.5 Å². The standard InChI is InChI=1S/C23H25FN4O2/c1-30-21-8-3-2-7-20(21)23(29)26-22-9-12-25-28(22)19-10-13-27(14-11-19)16-17-5-4-6-18(24)15-17/h2-9,12,15,19H,10-11,13-14,16H2,1H3,(H,26,29). The normalized spacial score (nSPS) is 15.1. The fourth-order valence-corrected chi connectivity index (χ4v) is 3.94. The van der Waals surface area contributed by atoms with E-state index in [1.807, 2.05) is 28.9 Å². The van der Waals surface area contributed by atoms with Gasteiger partial charge in [0.25, 0.3) is 5.91 Å². The third-order valence-corrected chi connectivity index (χ3v) is 5.46. The van der Waals surface area contributed by atoms with Gasteiger partial charge in [-0.05, 0) is 42.7 Å². The number of rotatable bonds is 6. The van der Waals surface area contributed by atoms with E-state index in [0.29, 0.717) is 17.1 Å². The number of carbonyl (C=O) groups is 1. The molecule has 0 radical (unpaired) electrons. The van der Waals surface area contributed by atoms with Gasteiger partial charge in [0.1, 0.15) is 17.4 Å². The lowest BCUT2D eigenvalue weighted by Gasteiger charge is -2.32. The third-order valence-electron chi connectivity index (χ3n) is 5.46. The van der Waals surface area contributed by atoms with Gasteiger partial charge < -0.3 is 10.1 Å². The summed E-state index contributed by atoms with van der Waals surface area (Å²) in [6.45, 7) is 2.52. The number of anilines is 1. The fraction of sp³-hybridized carbons (Fsp3) is 0.304. The average molecular weight is 408 g/mol. The summed E-state index contributed by atoms with van der Waals surface area (Å²) in [7, 11) is 1.55. The van der Waals surface area contributed by atoms with Crippen molar-refractivity contribution in [3.8, 4) is 5.75 Å². The van der Waals surface area contributed by atoms with Crippen molar-refractivity contribution in [3.05, 3.63) is 77.7 Å². The number of nitrogens with one attached hydrogen (secondary N) is 1. The number of ether oxygens (including phenoxy) is 1. The molecule has 156 valence electrons. The third kappa shape index (κ3) is 4.52. The highest BCUT2D eigenvalue weighted by Gasteiger charge is 2.24. The van der Waals surface area contributed by atoms with E-state index in [1.165, 1.54) is 6.07 Å². The highest BCUT2D eigenvalue weighted by molar-refractivity contribution is 6.05. The molecule has 1 aliphatic rings. The molecule has 6 nitrogen and oxygen atoms in total. The number of halogens is 1. The van der Waals surface area contributed by atoms with E-state index in [2.05, 4.69) is 15.3 Å². The minimum atomic E-state index is -0.224. The second kappa shape index (κ2) is 9.09. The van der Waals surface area contributed by atoms with E-state index in [9.17, 15) is 9.18 Å². The monoisotopic (exact) mass is 408 g/mol. The number of methoxy groups -OCH3 is 1. The first-order valence-electron chi connectivity index (χ1n) is 10.1. The zero-order valence-electron chi connectivity index (χ0n) is 16.9. The first kappa shape index (κ1) is 20.1. The second-order valence-corrected chi connectivity index (χ2v) is 7.45. The van der Waals surface area contributed by atoms with Gasteiger partial charge in [0.05, 0.1) is 24.9 Å². The minimum Gasteiger partial charge on any atom is -0.496 e. The van der Waals surface area contributed by atoms with Gasteiger partial charge in [-0.2, -0.15) is 5.10 Å². The molecule has 0 spiro atoms. The molecular formula is C23H25FN4O2. The number of hydrogen-bond donors (Lipinski definition) is 1. The lowest BCUT2D eigenvalue weighted by molar-refractivity contribution is 0.102. The molecule has 1 aromatic heterocycles. The van der Waals surface area contributed by atoms with E-state index in [0.717, 1.165) is 38.0 Å². The molecule has 1 amide bonds. The van der Waals surface area contributed by atoms with Crippen LogP contribution in [0.25, 0.3) is 0 Å². The molecule has 1 aliphatic heterocycles. The van der Waals surface area contributed by atoms with Crippen LogP contribution >= 0.6 is 0 Å². The van der Waals surface area contributed by atoms with Crippen LogP contribution in [-0.4, -0.2) is 40.8 Å². The Hall–Kier alpha value is -3.19. The summed E-state index contributed by atoms with van der Waals surface area (Å²) in [5.41, 5.74) is 1.47. The number of carbonyl (C=O) groups excluding carboxylic acids is 1. The van der Waals surface area contributed by atoms with Crippen LogP contribution < -0.4 is 10.1 Å². The van der Waals surface area contributed by atoms with Crippen LogP contribution in [0.4, 0.5) is 10.2 Å². The Kier molecular flexibility index (Phi) is 6.09. The number of likely N-dealkylation sites (tertiary alicyclic amines) is 1. The van der Waals surface area contributed by atoms with Gasteiger partial charge in [-0.3, -0.25) is 9.69 Å². The van der Waals surface area contributed by atoms with E-state index < -0.39 is 0 Å². The molecule has 30 heavy (non-hydrogen) atoms. The molecule has 1 saturated heterocycles. The highest BCUT2D eigenvalue weighted by Crippen LogP contribution is 2.27. The largest absolute Gasteiger partial charge is 0.496 e. The van der Waals surface area contributed by atoms with Crippen molar-refractivity contribution in [3.63, 3.8) is 0 Å². The van der Waals surface area contributed by atoms with Gasteiger partial charge in [-0.25, -0.2) is 9.07 Å². The summed E-state index contributed by atoms with van der Waals surface area (Å²) in [5.74, 6) is 0.785. The predicted molar refractivity (Wildman–Crippen MR) is 113 cm³/mol. The molecule has 1 N–H and O–H groups in total. The quantitative estimate of drug-likeness (QED) is 0.667. The van der Waals surface area contributed by atoms with Crippen LogP contribution in [0.5, 0.6) is 5.75 Å². The van der Waals surface area contributed by atoms with E-state index >= 15 is 0 Å². The summed E-state index contributed by atoms with van der Waals surface area (Å²) < 4.78 is 20.6. The Balaban J connectivity index is 1.39. The second-order valence-electron chi connectivity index (χ2n) is 7.45. The molecule has 2 heterocycles. The summed E-state index contributed by atoms with van der Waals surface area (Å²) >= 11 is 0. The van der Waals surface area contributed by atoms with Crippen LogP contribution in [0.15, 0.2) is 60.8 Å². The molecular weight excluding hydrogens is 383 g/mol. The van der Waals surface area contributed by atoms with Crippen molar-refractivity contribution in [1.29, 1.82) is 0 Å². The number of nitrogens with zero attached hydrogens (tertiary/aromatic N) is 3. The van der Waals surface area contributed by atoms with Crippen molar-refractivity contribution < 1.29 is 13.9 Å². The lowest BCUT2D eigenvalue weighted by atomic mass is 10.0. The lowest BCUT2D eigenvalue weighted by Crippen LogP contribution is -2.35. The summed E-state index contributed by atoms with van der Waals surface area (Å²) in [4.78, 5) is 15.1. The number of benzene rings is 2. The van der Waals surface area contributed by atoms with Crippen LogP contribution in [0.3, 0.4) is 0 Å². The Labute approximate surface area is 175 Å². The summed E-state index contributed by atoms with van der Waals surface area (Å²) in [6.07, 6.45) is 3.53. The van der Waals surface area contributed by atoms with Gasteiger partial charge in [-0.1, -0.05) is 24.3 Å². The van der Waals surface area contributed by atoms with Crippen LogP contribution in [0.2, 0.25) is 0 Å². The highest BCUT2D eigenvalue weighted by atomic mass is 19.1. The topological polar surface area (TPSA) is 59.4 Å². The summed E-state index contributed by atoms with van der Waals surface area (Å²) in [6, 6.07) is 15.9. The van der Waals surface area contributed by atoms with Crippen LogP contribution in [-0.2, 0) is 6.54 Å². The van der Waals surface area contributed by atoms with Crippen molar-refractivity contribution in [2.24, 2.45) is 0 Å². The predicted octanol–water partition coefficient (Wildman–Crippen LogP) is 4.12. The zero-order chi connectivity index (χ0) is 20.9. The first-order valence-corrected chi connectivity index (χ1v) is 10.1. The minimum absolute atomic E-state index is 0.200. The number of piperidine rings is 1. The van der Waals surface area contributed by atoms with Gasteiger partial charge in [0.2, 0.25) is 0 Å². The molecule has 0 bridgehead atoms. The molecule has 0 aliphatic carbocycles. The fourth-order valence-electron chi connectivity index (χ4n) is 3.94. The molecule has 0 atom stereocenters. The smallest absolute Gasteiger partial charge is 0.260 e. The van der Waals surface area contributed by atoms with Gasteiger partial charge >= 0.3 is 0 Å². The Morgan fingerprint density at radius 2 is 1.97 bits per heavy atom. The van der Waals surface area contributed by atoms with Gasteiger partial charge in [-0.15, -0.1) is 0 Å². The Morgan fingerprint density at radius 3 is 2.73 bits per heavy atom. The van der Waals surface area contributed by atoms with Crippen molar-refractivity contribution >= 4 is 11.7 Å². The maximum Gasteiger partial charge on any atom is 0.260 e. The molecule has 3 aromatic rings. The van der Waals surface area contributed by atoms with E-state index in [-0.39, 0.29) is 17.8 Å². The van der Waals surface area contributed by atoms with E-state index in [4.69, 9.17) is 4.74 Å². The van der Waals surface area contributed by atoms with Crippen molar-refractivity contribution in [2.45, 2.75) is 25.4 Å². The maximum atomic E-state index is 13.4. The molecule has 2 aromatic carbocycles. The Morgan fingerprint density at radius 1 is 1.17 bits per heavy atom. The number of para-hydroxylation sites is 1. The number of amides is 1. The van der Waals surface area contributed by atoms with Crippen molar-refractivity contribution in [1.82, 2.24) is 14.7 Å². The number of hydrogen-bond acceptors (Lipinski definition) is 4. The zero-order valence-corrected chi connectivity index (χ0v) is 16.9. The van der Waals surface area contributed by atoms with Crippen LogP contribution in [0.1, 0.15) is 34.8 Å². The molecule has 0 unspecified atom stereocenters. The molecule has 7 heteroatoms. The van der Waals surface area contributed by atoms with Crippen LogP contribution in [0, 0.1) is 5.82 Å². The first-order chi connectivity index (χ1) is 14.6. The van der Waals surface area contributed by atoms with Gasteiger partial charge in [0.15, 0.2) is 0 Å². The average Bonchev–Trinajstić information content (AvgIpc) is 3.22. The summed E-state index contributed by atoms with van der Waals surface area (Å²) in [5, 5.41) is 7.41. The SMILES string of the molecule is COc1ccccc1C(=O)Nc1ccnn1C1CCN(Cc2cccc(F)c2)CC1. The maximum absolute atomic E-state index is 13.4. The molecule has 4 rings (SSSR count). The number of aromatic nitrogens is 2.